The van der Waals surface area contributed by atoms with E-state index < -0.39 is 0 Å². The number of pyridine rings is 1. The van der Waals surface area contributed by atoms with Crippen molar-refractivity contribution in [3.8, 4) is 5.75 Å². The Hall–Kier alpha value is -2.51. The summed E-state index contributed by atoms with van der Waals surface area (Å²) in [5, 5.41) is 1.04. The zero-order chi connectivity index (χ0) is 17.3. The fourth-order valence-electron chi connectivity index (χ4n) is 2.78. The normalized spacial score (nSPS) is 9.96. The quantitative estimate of drug-likeness (QED) is 0.698. The largest absolute Gasteiger partial charge is 0.494 e. The van der Waals surface area contributed by atoms with E-state index in [4.69, 9.17) is 16.2 Å². The Morgan fingerprint density at radius 3 is 2.46 bits per heavy atom. The van der Waals surface area contributed by atoms with Gasteiger partial charge in [0.15, 0.2) is 0 Å². The average Bonchev–Trinajstić information content (AvgIpc) is 2.56. The van der Waals surface area contributed by atoms with Crippen LogP contribution in [0.2, 0.25) is 0 Å². The average molecular weight is 397 g/mol. The molecule has 0 spiro atoms. The zero-order valence-electron chi connectivity index (χ0n) is 14.8. The zero-order valence-corrected chi connectivity index (χ0v) is 16.4. The van der Waals surface area contributed by atoms with Gasteiger partial charge in [-0.15, -0.1) is 24.8 Å². The van der Waals surface area contributed by atoms with Gasteiger partial charge in [0.25, 0.3) is 0 Å². The molecular formula is C17H22Cl2N6O. The number of nitrogens with two attached hydrogens (primary N) is 2. The second-order valence-electron chi connectivity index (χ2n) is 5.70. The Balaban J connectivity index is 0.00000169. The lowest BCUT2D eigenvalue weighted by atomic mass is 9.99. The van der Waals surface area contributed by atoms with Crippen LogP contribution < -0.4 is 21.1 Å². The van der Waals surface area contributed by atoms with Gasteiger partial charge in [-0.25, -0.2) is 4.98 Å². The van der Waals surface area contributed by atoms with Crippen molar-refractivity contribution in [2.75, 3.05) is 37.6 Å². The number of rotatable bonds is 4. The van der Waals surface area contributed by atoms with E-state index in [-0.39, 0.29) is 30.8 Å². The van der Waals surface area contributed by atoms with Crippen molar-refractivity contribution in [1.29, 1.82) is 0 Å². The maximum Gasteiger partial charge on any atom is 0.221 e. The number of benzene rings is 1. The number of hydrogen-bond acceptors (Lipinski definition) is 7. The second-order valence-corrected chi connectivity index (χ2v) is 5.70. The molecule has 2 aromatic heterocycles. The second kappa shape index (κ2) is 8.73. The maximum atomic E-state index is 5.98. The molecule has 0 radical (unpaired) electrons. The van der Waals surface area contributed by atoms with E-state index in [9.17, 15) is 0 Å². The summed E-state index contributed by atoms with van der Waals surface area (Å²) in [6, 6.07) is 5.97. The van der Waals surface area contributed by atoms with E-state index in [1.807, 2.05) is 37.2 Å². The van der Waals surface area contributed by atoms with Gasteiger partial charge in [0.05, 0.1) is 12.6 Å². The van der Waals surface area contributed by atoms with Crippen molar-refractivity contribution in [1.82, 2.24) is 15.0 Å². The molecule has 0 aliphatic heterocycles. The first-order chi connectivity index (χ1) is 11.5. The Morgan fingerprint density at radius 1 is 1.12 bits per heavy atom. The van der Waals surface area contributed by atoms with E-state index in [0.29, 0.717) is 12.2 Å². The summed E-state index contributed by atoms with van der Waals surface area (Å²) < 4.78 is 5.58. The SMILES string of the molecule is COc1cc(Cc2cnc(N)nc2N)c2cccnc2c1N(C)C.Cl.Cl. The van der Waals surface area contributed by atoms with E-state index in [0.717, 1.165) is 33.5 Å². The molecule has 0 bridgehead atoms. The lowest BCUT2D eigenvalue weighted by Crippen LogP contribution is -2.12. The predicted molar refractivity (Wildman–Crippen MR) is 111 cm³/mol. The van der Waals surface area contributed by atoms with E-state index in [2.05, 4.69) is 15.0 Å². The molecule has 0 saturated carbocycles. The minimum atomic E-state index is 0. The van der Waals surface area contributed by atoms with Crippen molar-refractivity contribution in [3.05, 3.63) is 41.7 Å². The molecule has 0 unspecified atom stereocenters. The first-order valence-corrected chi connectivity index (χ1v) is 7.50. The predicted octanol–water partition coefficient (Wildman–Crippen LogP) is 2.70. The van der Waals surface area contributed by atoms with Gasteiger partial charge in [0.2, 0.25) is 5.95 Å². The fourth-order valence-corrected chi connectivity index (χ4v) is 2.78. The number of hydrogen-bond donors (Lipinski definition) is 2. The smallest absolute Gasteiger partial charge is 0.221 e. The Bertz CT molecular complexity index is 904. The lowest BCUT2D eigenvalue weighted by Gasteiger charge is -2.20. The third kappa shape index (κ3) is 4.00. The number of methoxy groups -OCH3 is 1. The highest BCUT2D eigenvalue weighted by atomic mass is 35.5. The highest BCUT2D eigenvalue weighted by Gasteiger charge is 2.16. The van der Waals surface area contributed by atoms with Crippen molar-refractivity contribution < 1.29 is 4.74 Å². The summed E-state index contributed by atoms with van der Waals surface area (Å²) in [6.45, 7) is 0. The molecule has 140 valence electrons. The summed E-state index contributed by atoms with van der Waals surface area (Å²) in [7, 11) is 5.59. The van der Waals surface area contributed by atoms with Crippen LogP contribution in [0, 0.1) is 0 Å². The lowest BCUT2D eigenvalue weighted by molar-refractivity contribution is 0.415. The molecule has 2 heterocycles. The third-order valence-electron chi connectivity index (χ3n) is 3.88. The molecule has 4 N–H and O–H groups in total. The van der Waals surface area contributed by atoms with Crippen LogP contribution in [0.25, 0.3) is 10.9 Å². The molecule has 0 aliphatic rings. The van der Waals surface area contributed by atoms with Crippen molar-refractivity contribution in [2.24, 2.45) is 0 Å². The van der Waals surface area contributed by atoms with Crippen LogP contribution in [-0.2, 0) is 6.42 Å². The minimum Gasteiger partial charge on any atom is -0.494 e. The van der Waals surface area contributed by atoms with Gasteiger partial charge in [-0.3, -0.25) is 4.98 Å². The third-order valence-corrected chi connectivity index (χ3v) is 3.88. The molecule has 3 rings (SSSR count). The monoisotopic (exact) mass is 396 g/mol. The number of fused-ring (bicyclic) bond motifs is 1. The van der Waals surface area contributed by atoms with E-state index >= 15 is 0 Å². The number of nitrogens with zero attached hydrogens (tertiary/aromatic N) is 4. The van der Waals surface area contributed by atoms with Gasteiger partial charge < -0.3 is 21.1 Å². The van der Waals surface area contributed by atoms with E-state index in [1.165, 1.54) is 0 Å². The van der Waals surface area contributed by atoms with Crippen LogP contribution in [0.5, 0.6) is 5.75 Å². The number of aromatic nitrogens is 3. The molecular weight excluding hydrogens is 375 g/mol. The van der Waals surface area contributed by atoms with Crippen LogP contribution in [0.4, 0.5) is 17.5 Å². The van der Waals surface area contributed by atoms with Crippen LogP contribution >= 0.6 is 24.8 Å². The molecule has 9 heteroatoms. The Labute approximate surface area is 164 Å². The molecule has 0 amide bonds. The van der Waals surface area contributed by atoms with Gasteiger partial charge >= 0.3 is 0 Å². The summed E-state index contributed by atoms with van der Waals surface area (Å²) >= 11 is 0. The molecule has 1 aromatic carbocycles. The molecule has 3 aromatic rings. The first kappa shape index (κ1) is 21.5. The topological polar surface area (TPSA) is 103 Å². The fraction of sp³-hybridized carbons (Fsp3) is 0.235. The number of nitrogen functional groups attached to an aromatic ring is 2. The summed E-state index contributed by atoms with van der Waals surface area (Å²) in [6.07, 6.45) is 4.00. The van der Waals surface area contributed by atoms with Gasteiger partial charge in [-0.2, -0.15) is 4.98 Å². The van der Waals surface area contributed by atoms with Crippen LogP contribution in [0.3, 0.4) is 0 Å². The summed E-state index contributed by atoms with van der Waals surface area (Å²) in [5.41, 5.74) is 15.2. The van der Waals surface area contributed by atoms with Crippen molar-refractivity contribution in [3.63, 3.8) is 0 Å². The highest BCUT2D eigenvalue weighted by Crippen LogP contribution is 2.37. The molecule has 7 nitrogen and oxygen atoms in total. The van der Waals surface area contributed by atoms with Crippen LogP contribution in [0.1, 0.15) is 11.1 Å². The number of anilines is 3. The number of halogens is 2. The van der Waals surface area contributed by atoms with Gasteiger partial charge in [0, 0.05) is 43.9 Å². The Kier molecular flexibility index (Phi) is 7.23. The maximum absolute atomic E-state index is 5.98. The minimum absolute atomic E-state index is 0. The molecule has 26 heavy (non-hydrogen) atoms. The van der Waals surface area contributed by atoms with Gasteiger partial charge in [-0.1, -0.05) is 6.07 Å². The summed E-state index contributed by atoms with van der Waals surface area (Å²) in [4.78, 5) is 14.6. The summed E-state index contributed by atoms with van der Waals surface area (Å²) in [5.74, 6) is 1.31. The molecule has 0 saturated heterocycles. The molecule has 0 aliphatic carbocycles. The van der Waals surface area contributed by atoms with Crippen molar-refractivity contribution in [2.45, 2.75) is 6.42 Å². The van der Waals surface area contributed by atoms with Gasteiger partial charge in [0.1, 0.15) is 17.3 Å². The van der Waals surface area contributed by atoms with Gasteiger partial charge in [-0.05, 0) is 17.7 Å². The molecule has 0 fully saturated rings. The van der Waals surface area contributed by atoms with E-state index in [1.54, 1.807) is 19.5 Å². The first-order valence-electron chi connectivity index (χ1n) is 7.50. The standard InChI is InChI=1S/C17H20N6O.2ClH/c1-23(2)15-13(24-3)8-10(12-5-4-6-20-14(12)15)7-11-9-21-17(19)22-16(11)18;;/h4-6,8-9H,7H2,1-3H3,(H4,18,19,21,22);2*1H. The van der Waals surface area contributed by atoms with Crippen LogP contribution in [-0.4, -0.2) is 36.2 Å². The molecule has 0 atom stereocenters. The number of ether oxygens (including phenoxy) is 1. The van der Waals surface area contributed by atoms with Crippen LogP contribution in [0.15, 0.2) is 30.6 Å². The Morgan fingerprint density at radius 2 is 1.85 bits per heavy atom. The van der Waals surface area contributed by atoms with Crippen molar-refractivity contribution >= 4 is 53.2 Å². The highest BCUT2D eigenvalue weighted by molar-refractivity contribution is 5.96.